The Morgan fingerprint density at radius 2 is 2.24 bits per heavy atom. The van der Waals surface area contributed by atoms with Gasteiger partial charge in [0, 0.05) is 19.1 Å². The summed E-state index contributed by atoms with van der Waals surface area (Å²) in [6, 6.07) is 0.543. The second-order valence-electron chi connectivity index (χ2n) is 5.66. The number of aromatic amines is 1. The number of methoxy groups -OCH3 is 1. The Morgan fingerprint density at radius 1 is 1.52 bits per heavy atom. The predicted octanol–water partition coefficient (Wildman–Crippen LogP) is 1.38. The Labute approximate surface area is 125 Å². The van der Waals surface area contributed by atoms with E-state index < -0.39 is 0 Å². The van der Waals surface area contributed by atoms with E-state index in [2.05, 4.69) is 34.0 Å². The maximum Gasteiger partial charge on any atom is 0.295 e. The Balaban J connectivity index is 1.98. The largest absolute Gasteiger partial charge is 0.489 e. The summed E-state index contributed by atoms with van der Waals surface area (Å²) in [6.07, 6.45) is 4.82. The first-order valence-electron chi connectivity index (χ1n) is 7.77. The molecule has 2 heterocycles. The fourth-order valence-electron chi connectivity index (χ4n) is 2.94. The number of hydrogen-bond acceptors (Lipinski definition) is 5. The van der Waals surface area contributed by atoms with Crippen LogP contribution in [-0.2, 0) is 0 Å². The van der Waals surface area contributed by atoms with Crippen LogP contribution in [0, 0.1) is 5.92 Å². The van der Waals surface area contributed by atoms with Gasteiger partial charge in [-0.25, -0.2) is 4.98 Å². The zero-order valence-electron chi connectivity index (χ0n) is 13.2. The maximum absolute atomic E-state index is 11.7. The number of nitrogens with zero attached hydrogens (tertiary/aromatic N) is 2. The molecule has 6 heteroatoms. The molecule has 1 aliphatic heterocycles. The quantitative estimate of drug-likeness (QED) is 0.829. The summed E-state index contributed by atoms with van der Waals surface area (Å²) >= 11 is 0. The van der Waals surface area contributed by atoms with Crippen molar-refractivity contribution in [2.24, 2.45) is 5.92 Å². The summed E-state index contributed by atoms with van der Waals surface area (Å²) in [4.78, 5) is 20.7. The summed E-state index contributed by atoms with van der Waals surface area (Å²) in [5, 5.41) is 3.57. The topological polar surface area (TPSA) is 70.2 Å². The van der Waals surface area contributed by atoms with Gasteiger partial charge in [-0.05, 0) is 38.6 Å². The fraction of sp³-hybridized carbons (Fsp3) is 0.733. The smallest absolute Gasteiger partial charge is 0.295 e. The van der Waals surface area contributed by atoms with Crippen molar-refractivity contribution in [2.75, 3.05) is 31.6 Å². The molecule has 0 aliphatic carbocycles. The monoisotopic (exact) mass is 294 g/mol. The van der Waals surface area contributed by atoms with Gasteiger partial charge in [0.05, 0.1) is 13.4 Å². The minimum atomic E-state index is -0.220. The lowest BCUT2D eigenvalue weighted by molar-refractivity contribution is 0.309. The first kappa shape index (κ1) is 15.8. The molecule has 1 aromatic heterocycles. The predicted molar refractivity (Wildman–Crippen MR) is 84.1 cm³/mol. The standard InChI is InChI=1S/C15H26N4O2/c1-4-7-16-11(2)12-5-8-19(9-6-12)14-13(21-3)15(20)18-10-17-14/h10-12,16H,4-9H2,1-3H3,(H,17,18,20). The van der Waals surface area contributed by atoms with Crippen molar-refractivity contribution in [1.29, 1.82) is 0 Å². The molecule has 21 heavy (non-hydrogen) atoms. The molecule has 6 nitrogen and oxygen atoms in total. The number of nitrogens with one attached hydrogen (secondary N) is 2. The molecule has 1 unspecified atom stereocenters. The van der Waals surface area contributed by atoms with E-state index in [1.54, 1.807) is 0 Å². The zero-order chi connectivity index (χ0) is 15.2. The average molecular weight is 294 g/mol. The minimum Gasteiger partial charge on any atom is -0.489 e. The summed E-state index contributed by atoms with van der Waals surface area (Å²) in [5.74, 6) is 1.66. The van der Waals surface area contributed by atoms with E-state index in [0.717, 1.165) is 38.9 Å². The summed E-state index contributed by atoms with van der Waals surface area (Å²) < 4.78 is 5.20. The highest BCUT2D eigenvalue weighted by Gasteiger charge is 2.26. The normalized spacial score (nSPS) is 17.8. The molecular formula is C15H26N4O2. The molecule has 1 saturated heterocycles. The molecule has 2 N–H and O–H groups in total. The van der Waals surface area contributed by atoms with Crippen LogP contribution in [0.3, 0.4) is 0 Å². The highest BCUT2D eigenvalue weighted by molar-refractivity contribution is 5.50. The number of ether oxygens (including phenoxy) is 1. The van der Waals surface area contributed by atoms with Gasteiger partial charge in [0.15, 0.2) is 5.82 Å². The highest BCUT2D eigenvalue weighted by atomic mass is 16.5. The van der Waals surface area contributed by atoms with Crippen LogP contribution in [0.2, 0.25) is 0 Å². The lowest BCUT2D eigenvalue weighted by atomic mass is 9.90. The van der Waals surface area contributed by atoms with Crippen molar-refractivity contribution in [3.05, 3.63) is 16.7 Å². The van der Waals surface area contributed by atoms with Crippen molar-refractivity contribution in [1.82, 2.24) is 15.3 Å². The molecule has 1 aromatic rings. The van der Waals surface area contributed by atoms with Gasteiger partial charge in [-0.2, -0.15) is 0 Å². The van der Waals surface area contributed by atoms with Crippen LogP contribution in [0.15, 0.2) is 11.1 Å². The molecule has 1 fully saturated rings. The molecule has 0 spiro atoms. The van der Waals surface area contributed by atoms with Crippen LogP contribution in [0.5, 0.6) is 5.75 Å². The van der Waals surface area contributed by atoms with E-state index in [1.165, 1.54) is 13.4 Å². The van der Waals surface area contributed by atoms with Gasteiger partial charge < -0.3 is 19.9 Å². The van der Waals surface area contributed by atoms with E-state index in [-0.39, 0.29) is 5.56 Å². The van der Waals surface area contributed by atoms with Crippen molar-refractivity contribution in [2.45, 2.75) is 39.2 Å². The van der Waals surface area contributed by atoms with Crippen molar-refractivity contribution < 1.29 is 4.74 Å². The second-order valence-corrected chi connectivity index (χ2v) is 5.66. The Bertz CT molecular complexity index is 495. The molecule has 0 radical (unpaired) electrons. The Kier molecular flexibility index (Phi) is 5.61. The SMILES string of the molecule is CCCNC(C)C1CCN(c2nc[nH]c(=O)c2OC)CC1. The molecule has 0 amide bonds. The average Bonchev–Trinajstić information content (AvgIpc) is 2.52. The Hall–Kier alpha value is -1.56. The number of H-pyrrole nitrogens is 1. The number of aromatic nitrogens is 2. The number of piperidine rings is 1. The van der Waals surface area contributed by atoms with Gasteiger partial charge in [-0.3, -0.25) is 4.79 Å². The van der Waals surface area contributed by atoms with Crippen LogP contribution >= 0.6 is 0 Å². The molecule has 118 valence electrons. The lowest BCUT2D eigenvalue weighted by Gasteiger charge is -2.36. The van der Waals surface area contributed by atoms with E-state index in [0.29, 0.717) is 23.5 Å². The third-order valence-corrected chi connectivity index (χ3v) is 4.26. The van der Waals surface area contributed by atoms with Crippen LogP contribution < -0.4 is 20.5 Å². The van der Waals surface area contributed by atoms with Crippen molar-refractivity contribution in [3.8, 4) is 5.75 Å². The highest BCUT2D eigenvalue weighted by Crippen LogP contribution is 2.27. The minimum absolute atomic E-state index is 0.220. The summed E-state index contributed by atoms with van der Waals surface area (Å²) in [7, 11) is 1.51. The van der Waals surface area contributed by atoms with Crippen LogP contribution in [0.4, 0.5) is 5.82 Å². The first-order chi connectivity index (χ1) is 10.2. The number of hydrogen-bond donors (Lipinski definition) is 2. The van der Waals surface area contributed by atoms with Gasteiger partial charge in [-0.1, -0.05) is 6.92 Å². The van der Waals surface area contributed by atoms with Crippen LogP contribution in [0.1, 0.15) is 33.1 Å². The molecular weight excluding hydrogens is 268 g/mol. The third-order valence-electron chi connectivity index (χ3n) is 4.26. The number of rotatable bonds is 6. The lowest BCUT2D eigenvalue weighted by Crippen LogP contribution is -2.42. The van der Waals surface area contributed by atoms with Gasteiger partial charge in [0.25, 0.3) is 5.56 Å². The fourth-order valence-corrected chi connectivity index (χ4v) is 2.94. The van der Waals surface area contributed by atoms with Crippen LogP contribution in [0.25, 0.3) is 0 Å². The van der Waals surface area contributed by atoms with E-state index in [4.69, 9.17) is 4.74 Å². The van der Waals surface area contributed by atoms with E-state index in [1.807, 2.05) is 0 Å². The molecule has 1 aliphatic rings. The summed E-state index contributed by atoms with van der Waals surface area (Å²) in [6.45, 7) is 7.35. The Morgan fingerprint density at radius 3 is 2.86 bits per heavy atom. The molecule has 0 bridgehead atoms. The van der Waals surface area contributed by atoms with Crippen LogP contribution in [-0.4, -0.2) is 42.8 Å². The summed E-state index contributed by atoms with van der Waals surface area (Å²) in [5.41, 5.74) is -0.220. The van der Waals surface area contributed by atoms with Gasteiger partial charge >= 0.3 is 0 Å². The third kappa shape index (κ3) is 3.75. The molecule has 0 saturated carbocycles. The van der Waals surface area contributed by atoms with Gasteiger partial charge in [-0.15, -0.1) is 0 Å². The van der Waals surface area contributed by atoms with Gasteiger partial charge in [0.1, 0.15) is 0 Å². The van der Waals surface area contributed by atoms with Crippen molar-refractivity contribution in [3.63, 3.8) is 0 Å². The zero-order valence-corrected chi connectivity index (χ0v) is 13.2. The van der Waals surface area contributed by atoms with Crippen molar-refractivity contribution >= 4 is 5.82 Å². The molecule has 0 aromatic carbocycles. The first-order valence-corrected chi connectivity index (χ1v) is 7.77. The maximum atomic E-state index is 11.7. The molecule has 1 atom stereocenters. The molecule has 2 rings (SSSR count). The van der Waals surface area contributed by atoms with Gasteiger partial charge in [0.2, 0.25) is 5.75 Å². The van der Waals surface area contributed by atoms with E-state index in [9.17, 15) is 4.79 Å². The van der Waals surface area contributed by atoms with E-state index >= 15 is 0 Å². The number of anilines is 1. The second kappa shape index (κ2) is 7.45.